The van der Waals surface area contributed by atoms with Crippen LogP contribution in [0.4, 0.5) is 5.69 Å². The fraction of sp³-hybridized carbons (Fsp3) is 0.462. The molecule has 0 radical (unpaired) electrons. The molecule has 1 aromatic rings. The largest absolute Gasteiger partial charge is 0.399 e. The molecule has 5 heteroatoms. The molecule has 18 heavy (non-hydrogen) atoms. The van der Waals surface area contributed by atoms with Crippen LogP contribution >= 0.6 is 11.6 Å². The van der Waals surface area contributed by atoms with Crippen molar-refractivity contribution in [3.8, 4) is 0 Å². The van der Waals surface area contributed by atoms with E-state index in [-0.39, 0.29) is 5.91 Å². The summed E-state index contributed by atoms with van der Waals surface area (Å²) in [7, 11) is 0. The molecule has 0 aliphatic heterocycles. The van der Waals surface area contributed by atoms with E-state index in [2.05, 4.69) is 12.2 Å². The normalized spacial score (nSPS) is 10.3. The third-order valence-corrected chi connectivity index (χ3v) is 2.65. The molecule has 0 spiro atoms. The van der Waals surface area contributed by atoms with Crippen molar-refractivity contribution in [2.24, 2.45) is 0 Å². The smallest absolute Gasteiger partial charge is 0.252 e. The first kappa shape index (κ1) is 14.8. The van der Waals surface area contributed by atoms with Gasteiger partial charge in [-0.25, -0.2) is 0 Å². The van der Waals surface area contributed by atoms with Gasteiger partial charge in [-0.2, -0.15) is 0 Å². The molecule has 3 N–H and O–H groups in total. The number of ether oxygens (including phenoxy) is 1. The van der Waals surface area contributed by atoms with Crippen LogP contribution < -0.4 is 11.1 Å². The van der Waals surface area contributed by atoms with E-state index < -0.39 is 0 Å². The van der Waals surface area contributed by atoms with Crippen molar-refractivity contribution in [1.29, 1.82) is 0 Å². The Labute approximate surface area is 112 Å². The summed E-state index contributed by atoms with van der Waals surface area (Å²) in [4.78, 5) is 11.8. The van der Waals surface area contributed by atoms with Gasteiger partial charge in [0.1, 0.15) is 0 Å². The molecule has 0 atom stereocenters. The molecular formula is C13H19ClN2O2. The topological polar surface area (TPSA) is 64.3 Å². The molecule has 0 aromatic heterocycles. The minimum Gasteiger partial charge on any atom is -0.399 e. The van der Waals surface area contributed by atoms with E-state index in [0.717, 1.165) is 19.4 Å². The fourth-order valence-corrected chi connectivity index (χ4v) is 1.71. The predicted octanol–water partition coefficient (Wildman–Crippen LogP) is 2.47. The van der Waals surface area contributed by atoms with Gasteiger partial charge in [0.25, 0.3) is 5.91 Å². The summed E-state index contributed by atoms with van der Waals surface area (Å²) >= 11 is 5.94. The highest BCUT2D eigenvalue weighted by Crippen LogP contribution is 2.18. The zero-order chi connectivity index (χ0) is 13.4. The first-order valence-electron chi connectivity index (χ1n) is 6.06. The average molecular weight is 271 g/mol. The van der Waals surface area contributed by atoms with Crippen LogP contribution in [0, 0.1) is 0 Å². The van der Waals surface area contributed by atoms with Crippen LogP contribution in [0.3, 0.4) is 0 Å². The number of nitrogens with two attached hydrogens (primary N) is 1. The minimum absolute atomic E-state index is 0.185. The Kier molecular flexibility index (Phi) is 6.54. The molecule has 0 unspecified atom stereocenters. The van der Waals surface area contributed by atoms with Gasteiger partial charge >= 0.3 is 0 Å². The van der Waals surface area contributed by atoms with Crippen molar-refractivity contribution in [2.45, 2.75) is 19.8 Å². The molecule has 4 nitrogen and oxygen atoms in total. The van der Waals surface area contributed by atoms with Gasteiger partial charge < -0.3 is 15.8 Å². The minimum atomic E-state index is -0.185. The number of carbonyl (C=O) groups is 1. The van der Waals surface area contributed by atoms with Crippen LogP contribution in [-0.2, 0) is 4.74 Å². The summed E-state index contributed by atoms with van der Waals surface area (Å²) in [5.41, 5.74) is 6.55. The number of nitrogens with one attached hydrogen (secondary N) is 1. The monoisotopic (exact) mass is 270 g/mol. The van der Waals surface area contributed by atoms with Crippen molar-refractivity contribution in [1.82, 2.24) is 5.32 Å². The van der Waals surface area contributed by atoms with Gasteiger partial charge in [0, 0.05) is 25.4 Å². The van der Waals surface area contributed by atoms with Crippen molar-refractivity contribution < 1.29 is 9.53 Å². The molecule has 0 saturated heterocycles. The highest BCUT2D eigenvalue weighted by molar-refractivity contribution is 6.34. The lowest BCUT2D eigenvalue weighted by atomic mass is 10.2. The lowest BCUT2D eigenvalue weighted by Crippen LogP contribution is -2.25. The van der Waals surface area contributed by atoms with E-state index in [0.29, 0.717) is 29.4 Å². The maximum atomic E-state index is 11.8. The molecule has 1 amide bonds. The predicted molar refractivity (Wildman–Crippen MR) is 73.9 cm³/mol. The molecule has 100 valence electrons. The standard InChI is InChI=1S/C13H19ClN2O2/c1-2-7-18-8-3-6-16-13(17)11-5-4-10(15)9-12(11)14/h4-5,9H,2-3,6-8,15H2,1H3,(H,16,17). The fourth-order valence-electron chi connectivity index (χ4n) is 1.43. The molecule has 0 bridgehead atoms. The number of hydrogen-bond acceptors (Lipinski definition) is 3. The molecule has 1 aromatic carbocycles. The summed E-state index contributed by atoms with van der Waals surface area (Å²) in [6.45, 7) is 4.05. The lowest BCUT2D eigenvalue weighted by Gasteiger charge is -2.07. The van der Waals surface area contributed by atoms with Gasteiger partial charge in [-0.1, -0.05) is 18.5 Å². The Balaban J connectivity index is 2.32. The SMILES string of the molecule is CCCOCCCNC(=O)c1ccc(N)cc1Cl. The third kappa shape index (κ3) is 4.94. The molecule has 0 saturated carbocycles. The van der Waals surface area contributed by atoms with Gasteiger partial charge in [0.15, 0.2) is 0 Å². The maximum Gasteiger partial charge on any atom is 0.252 e. The number of rotatable bonds is 7. The number of nitrogen functional groups attached to an aromatic ring is 1. The Morgan fingerprint density at radius 1 is 1.44 bits per heavy atom. The Morgan fingerprint density at radius 3 is 2.89 bits per heavy atom. The van der Waals surface area contributed by atoms with Gasteiger partial charge in [0.05, 0.1) is 10.6 Å². The Morgan fingerprint density at radius 2 is 2.22 bits per heavy atom. The van der Waals surface area contributed by atoms with Gasteiger partial charge in [-0.05, 0) is 31.0 Å². The highest BCUT2D eigenvalue weighted by atomic mass is 35.5. The second-order valence-electron chi connectivity index (χ2n) is 3.96. The molecule has 0 fully saturated rings. The summed E-state index contributed by atoms with van der Waals surface area (Å²) in [6.07, 6.45) is 1.80. The van der Waals surface area contributed by atoms with Crippen LogP contribution in [0.5, 0.6) is 0 Å². The van der Waals surface area contributed by atoms with Crippen molar-refractivity contribution in [3.63, 3.8) is 0 Å². The Hall–Kier alpha value is -1.26. The van der Waals surface area contributed by atoms with Crippen LogP contribution in [0.25, 0.3) is 0 Å². The van der Waals surface area contributed by atoms with Crippen molar-refractivity contribution >= 4 is 23.2 Å². The van der Waals surface area contributed by atoms with Gasteiger partial charge in [0.2, 0.25) is 0 Å². The van der Waals surface area contributed by atoms with E-state index in [1.165, 1.54) is 0 Å². The van der Waals surface area contributed by atoms with E-state index in [9.17, 15) is 4.79 Å². The molecule has 0 aliphatic rings. The number of amides is 1. The number of halogens is 1. The third-order valence-electron chi connectivity index (χ3n) is 2.34. The second kappa shape index (κ2) is 7.95. The molecule has 0 aliphatic carbocycles. The Bertz CT molecular complexity index is 397. The zero-order valence-corrected chi connectivity index (χ0v) is 11.3. The second-order valence-corrected chi connectivity index (χ2v) is 4.37. The van der Waals surface area contributed by atoms with Crippen LogP contribution in [0.15, 0.2) is 18.2 Å². The van der Waals surface area contributed by atoms with E-state index in [4.69, 9.17) is 22.1 Å². The van der Waals surface area contributed by atoms with E-state index in [1.54, 1.807) is 18.2 Å². The summed E-state index contributed by atoms with van der Waals surface area (Å²) < 4.78 is 5.32. The number of hydrogen-bond donors (Lipinski definition) is 2. The van der Waals surface area contributed by atoms with Crippen molar-refractivity contribution in [3.05, 3.63) is 28.8 Å². The number of anilines is 1. The maximum absolute atomic E-state index is 11.8. The van der Waals surface area contributed by atoms with Gasteiger partial charge in [-0.15, -0.1) is 0 Å². The molecule has 1 rings (SSSR count). The van der Waals surface area contributed by atoms with Gasteiger partial charge in [-0.3, -0.25) is 4.79 Å². The summed E-state index contributed by atoms with van der Waals surface area (Å²) in [5.74, 6) is -0.185. The van der Waals surface area contributed by atoms with Crippen LogP contribution in [-0.4, -0.2) is 25.7 Å². The van der Waals surface area contributed by atoms with Crippen LogP contribution in [0.2, 0.25) is 5.02 Å². The summed E-state index contributed by atoms with van der Waals surface area (Å²) in [5, 5.41) is 3.16. The summed E-state index contributed by atoms with van der Waals surface area (Å²) in [6, 6.07) is 4.85. The number of carbonyl (C=O) groups excluding carboxylic acids is 1. The molecular weight excluding hydrogens is 252 g/mol. The van der Waals surface area contributed by atoms with Crippen LogP contribution in [0.1, 0.15) is 30.1 Å². The lowest BCUT2D eigenvalue weighted by molar-refractivity contribution is 0.0941. The van der Waals surface area contributed by atoms with Crippen molar-refractivity contribution in [2.75, 3.05) is 25.5 Å². The quantitative estimate of drug-likeness (QED) is 0.591. The first-order valence-corrected chi connectivity index (χ1v) is 6.44. The molecule has 0 heterocycles. The van der Waals surface area contributed by atoms with E-state index >= 15 is 0 Å². The number of benzene rings is 1. The first-order chi connectivity index (χ1) is 8.65. The zero-order valence-electron chi connectivity index (χ0n) is 10.5. The van der Waals surface area contributed by atoms with E-state index in [1.807, 2.05) is 0 Å². The highest BCUT2D eigenvalue weighted by Gasteiger charge is 2.09. The average Bonchev–Trinajstić information content (AvgIpc) is 2.33.